The SMILES string of the molecule is Cc1cc(=O)n2c(C)ncc(C)c2c1C.Cc1cc(C)c2c(C)ncc(C)n2c1=O.Cc1cc(C)n2c(=O)ncc(C)c2c1C.Cc1ccc(=O)n2c(C)ccnc12.Cc1ccc(C)n2c(=O)ccc(C)c12.Cc1ccc(C)n2c(=O)ccnc12.Cc1ccnn2c(=O)ccc(C)c12. The second kappa shape index (κ2) is 30.1. The third kappa shape index (κ3) is 15.0. The molecule has 20 heteroatoms. The molecule has 14 aromatic heterocycles. The van der Waals surface area contributed by atoms with Gasteiger partial charge in [0.1, 0.15) is 17.1 Å². The first-order chi connectivity index (χ1) is 46.3. The number of rotatable bonds is 0. The Labute approximate surface area is 567 Å². The van der Waals surface area contributed by atoms with Crippen LogP contribution in [0.2, 0.25) is 0 Å². The monoisotopic (exact) mass is 1320 g/mol. The molecular weight excluding hydrogens is 1230 g/mol. The minimum absolute atomic E-state index is 0.00167. The van der Waals surface area contributed by atoms with Crippen molar-refractivity contribution in [3.8, 4) is 0 Å². The molecule has 20 nitrogen and oxygen atoms in total. The summed E-state index contributed by atoms with van der Waals surface area (Å²) in [5.74, 6) is 0.740. The van der Waals surface area contributed by atoms with E-state index in [-0.39, 0.29) is 39.0 Å². The standard InChI is InChI=1S/3C12H14N2O.C12H13NO.3C10H10N2O/c1-7-5-11(15)14-10(4)13-6-8(2)12(14)9(7)3;1-7-5-9(3)14-11(10(7)4)8(2)6-13-12(14)15;1-7-5-8(2)12(15)14-9(3)6-13-10(4)11(7)14;1-8-4-6-10(3)13-11(14)7-5-9(2)12(8)13;1-7-3-4-9(13)12-8(2)5-6-11-10(7)12;1-7-3-4-9(13)12-10(7)8(2)5-6-11-12;1-7-3-4-8(2)12-9(13)5-6-11-10(7)12/h3*5-6H,1-4H3;4-7H,1-3H3;3*3-6H,1-2H3. The Morgan fingerprint density at radius 3 is 1.32 bits per heavy atom. The molecule has 0 N–H and O–H groups in total. The van der Waals surface area contributed by atoms with Crippen LogP contribution in [-0.4, -0.2) is 60.9 Å². The van der Waals surface area contributed by atoms with E-state index in [9.17, 15) is 33.6 Å². The van der Waals surface area contributed by atoms with E-state index in [1.165, 1.54) is 22.2 Å². The average Bonchev–Trinajstić information content (AvgIpc) is 0.782. The summed E-state index contributed by atoms with van der Waals surface area (Å²) in [6, 6.07) is 29.0. The Bertz CT molecular complexity index is 5830. The lowest BCUT2D eigenvalue weighted by Crippen LogP contribution is -2.20. The molecule has 14 heterocycles. The van der Waals surface area contributed by atoms with Gasteiger partial charge in [-0.1, -0.05) is 30.3 Å². The molecule has 0 aliphatic heterocycles. The lowest BCUT2D eigenvalue weighted by molar-refractivity contribution is 0.876. The predicted octanol–water partition coefficient (Wildman–Crippen LogP) is 11.9. The highest BCUT2D eigenvalue weighted by molar-refractivity contribution is 5.64. The second-order valence-corrected chi connectivity index (χ2v) is 25.0. The summed E-state index contributed by atoms with van der Waals surface area (Å²) in [6.07, 6.45) is 10.1. The van der Waals surface area contributed by atoms with Crippen LogP contribution in [0.5, 0.6) is 0 Å². The summed E-state index contributed by atoms with van der Waals surface area (Å²) in [6.45, 7) is 41.2. The second-order valence-electron chi connectivity index (χ2n) is 25.0. The number of pyridine rings is 8. The van der Waals surface area contributed by atoms with Crippen LogP contribution < -0.4 is 39.0 Å². The van der Waals surface area contributed by atoms with Gasteiger partial charge in [0.2, 0.25) is 0 Å². The Morgan fingerprint density at radius 1 is 0.265 bits per heavy atom. The summed E-state index contributed by atoms with van der Waals surface area (Å²) in [7, 11) is 0. The van der Waals surface area contributed by atoms with Crippen molar-refractivity contribution in [1.82, 2.24) is 60.9 Å². The number of fused-ring (bicyclic) bond motifs is 7. The highest BCUT2D eigenvalue weighted by Crippen LogP contribution is 2.21. The fourth-order valence-corrected chi connectivity index (χ4v) is 12.2. The highest BCUT2D eigenvalue weighted by Gasteiger charge is 2.13. The van der Waals surface area contributed by atoms with Crippen LogP contribution in [0.15, 0.2) is 168 Å². The molecule has 0 fully saturated rings. The summed E-state index contributed by atoms with van der Waals surface area (Å²) < 4.78 is 11.5. The van der Waals surface area contributed by atoms with Gasteiger partial charge in [0.15, 0.2) is 0 Å². The van der Waals surface area contributed by atoms with E-state index in [1.54, 1.807) is 81.7 Å². The first-order valence-corrected chi connectivity index (χ1v) is 32.0. The van der Waals surface area contributed by atoms with E-state index in [0.717, 1.165) is 151 Å². The molecule has 0 radical (unpaired) electrons. The van der Waals surface area contributed by atoms with Gasteiger partial charge in [0.05, 0.1) is 33.3 Å². The zero-order chi connectivity index (χ0) is 72.0. The maximum Gasteiger partial charge on any atom is 0.352 e. The topological polar surface area (TPSA) is 228 Å². The predicted molar refractivity (Wildman–Crippen MR) is 392 cm³/mol. The molecular formula is C78H85N13O7. The summed E-state index contributed by atoms with van der Waals surface area (Å²) in [4.78, 5) is 102. The van der Waals surface area contributed by atoms with Crippen molar-refractivity contribution in [2.75, 3.05) is 0 Å². The normalized spacial score (nSPS) is 10.8. The third-order valence-corrected chi connectivity index (χ3v) is 17.5. The van der Waals surface area contributed by atoms with Crippen LogP contribution in [0, 0.1) is 145 Å². The first kappa shape index (κ1) is 72.4. The molecule has 14 aromatic rings. The third-order valence-electron chi connectivity index (χ3n) is 17.5. The van der Waals surface area contributed by atoms with Crippen molar-refractivity contribution in [1.29, 1.82) is 0 Å². The highest BCUT2D eigenvalue weighted by atomic mass is 16.2. The Hall–Kier alpha value is -11.4. The Kier molecular flexibility index (Phi) is 22.3. The molecule has 0 saturated carbocycles. The lowest BCUT2D eigenvalue weighted by atomic mass is 10.1. The zero-order valence-corrected chi connectivity index (χ0v) is 59.9. The fourth-order valence-electron chi connectivity index (χ4n) is 12.2. The molecule has 0 atom stereocenters. The largest absolute Gasteiger partial charge is 0.352 e. The lowest BCUT2D eigenvalue weighted by Gasteiger charge is -2.12. The average molecular weight is 1320 g/mol. The van der Waals surface area contributed by atoms with Gasteiger partial charge in [-0.05, 0) is 254 Å². The quantitative estimate of drug-likeness (QED) is 0.138. The van der Waals surface area contributed by atoms with Gasteiger partial charge in [-0.2, -0.15) is 9.61 Å². The van der Waals surface area contributed by atoms with Gasteiger partial charge in [-0.3, -0.25) is 60.2 Å². The van der Waals surface area contributed by atoms with Crippen molar-refractivity contribution < 1.29 is 0 Å². The van der Waals surface area contributed by atoms with Gasteiger partial charge in [-0.15, -0.1) is 0 Å². The first-order valence-electron chi connectivity index (χ1n) is 32.0. The van der Waals surface area contributed by atoms with E-state index in [2.05, 4.69) is 43.0 Å². The molecule has 98 heavy (non-hydrogen) atoms. The number of aromatic nitrogens is 13. The molecule has 14 rings (SSSR count). The van der Waals surface area contributed by atoms with Crippen molar-refractivity contribution >= 4 is 38.9 Å². The molecule has 0 aliphatic rings. The summed E-state index contributed by atoms with van der Waals surface area (Å²) >= 11 is 0. The Morgan fingerprint density at radius 2 is 0.735 bits per heavy atom. The van der Waals surface area contributed by atoms with Crippen LogP contribution >= 0.6 is 0 Å². The van der Waals surface area contributed by atoms with Gasteiger partial charge in [0, 0.05) is 102 Å². The maximum atomic E-state index is 12.0. The van der Waals surface area contributed by atoms with Crippen LogP contribution in [0.1, 0.15) is 118 Å². The molecule has 0 aliphatic carbocycles. The van der Waals surface area contributed by atoms with Crippen molar-refractivity contribution in [2.24, 2.45) is 0 Å². The van der Waals surface area contributed by atoms with E-state index in [0.29, 0.717) is 0 Å². The van der Waals surface area contributed by atoms with Crippen LogP contribution in [0.3, 0.4) is 0 Å². The van der Waals surface area contributed by atoms with Gasteiger partial charge >= 0.3 is 5.69 Å². The van der Waals surface area contributed by atoms with Gasteiger partial charge < -0.3 is 0 Å². The van der Waals surface area contributed by atoms with E-state index < -0.39 is 0 Å². The van der Waals surface area contributed by atoms with Crippen LogP contribution in [-0.2, 0) is 0 Å². The van der Waals surface area contributed by atoms with Crippen molar-refractivity contribution in [3.05, 3.63) is 325 Å². The molecule has 0 spiro atoms. The van der Waals surface area contributed by atoms with Gasteiger partial charge in [0.25, 0.3) is 33.4 Å². The van der Waals surface area contributed by atoms with Crippen molar-refractivity contribution in [3.63, 3.8) is 0 Å². The van der Waals surface area contributed by atoms with E-state index >= 15 is 0 Å². The molecule has 504 valence electrons. The Balaban J connectivity index is 0.000000146. The van der Waals surface area contributed by atoms with Gasteiger partial charge in [-0.25, -0.2) is 24.7 Å². The number of aryl methyl sites for hydroxylation is 21. The minimum atomic E-state index is -0.198. The van der Waals surface area contributed by atoms with Crippen LogP contribution in [0.25, 0.3) is 38.9 Å². The minimum Gasteiger partial charge on any atom is -0.281 e. The van der Waals surface area contributed by atoms with E-state index in [4.69, 9.17) is 0 Å². The number of hydrogen-bond donors (Lipinski definition) is 0. The number of nitrogens with zero attached hydrogens (tertiary/aromatic N) is 13. The number of hydrogen-bond acceptors (Lipinski definition) is 13. The molecule has 0 bridgehead atoms. The molecule has 0 unspecified atom stereocenters. The zero-order valence-electron chi connectivity index (χ0n) is 59.9. The fraction of sp³-hybridized carbons (Fsp3) is 0.269. The molecule has 0 aromatic carbocycles. The van der Waals surface area contributed by atoms with Crippen LogP contribution in [0.4, 0.5) is 0 Å². The maximum absolute atomic E-state index is 12.0. The van der Waals surface area contributed by atoms with Crippen molar-refractivity contribution in [2.45, 2.75) is 145 Å². The smallest absolute Gasteiger partial charge is 0.281 e. The van der Waals surface area contributed by atoms with E-state index in [1.807, 2.05) is 199 Å². The molecule has 0 saturated heterocycles. The summed E-state index contributed by atoms with van der Waals surface area (Å²) in [5, 5.41) is 4.01. The molecule has 0 amide bonds. The summed E-state index contributed by atoms with van der Waals surface area (Å²) in [5.41, 5.74) is 26.7.